The van der Waals surface area contributed by atoms with Crippen molar-refractivity contribution in [3.05, 3.63) is 11.5 Å². The molecule has 0 aliphatic carbocycles. The quantitative estimate of drug-likeness (QED) is 0.921. The highest BCUT2D eigenvalue weighted by molar-refractivity contribution is 5.88. The predicted molar refractivity (Wildman–Crippen MR) is 78.0 cm³/mol. The smallest absolute Gasteiger partial charge is 0.263 e. The summed E-state index contributed by atoms with van der Waals surface area (Å²) in [7, 11) is 0. The Kier molecular flexibility index (Phi) is 3.48. The van der Waals surface area contributed by atoms with Crippen molar-refractivity contribution in [2.45, 2.75) is 39.7 Å². The molecular formula is C14H19N5O2. The van der Waals surface area contributed by atoms with Crippen LogP contribution in [0, 0.1) is 13.8 Å². The van der Waals surface area contributed by atoms with Gasteiger partial charge in [0.05, 0.1) is 11.7 Å². The van der Waals surface area contributed by atoms with E-state index in [-0.39, 0.29) is 11.9 Å². The van der Waals surface area contributed by atoms with Crippen molar-refractivity contribution >= 4 is 22.8 Å². The standard InChI is InChI=1S/C14H19N5O2/c1-4-5-19-7-10(6-11(19)20)17-13-12-8(2)18-21-14(12)16-9(3)15-13/h10H,4-7H2,1-3H3,(H,15,16,17)/t10-/m1/s1. The van der Waals surface area contributed by atoms with E-state index in [1.165, 1.54) is 0 Å². The van der Waals surface area contributed by atoms with E-state index in [0.717, 1.165) is 24.0 Å². The van der Waals surface area contributed by atoms with Gasteiger partial charge < -0.3 is 14.7 Å². The predicted octanol–water partition coefficient (Wildman–Crippen LogP) is 1.66. The number of likely N-dealkylation sites (tertiary alicyclic amines) is 1. The van der Waals surface area contributed by atoms with E-state index in [9.17, 15) is 4.79 Å². The fourth-order valence-electron chi connectivity index (χ4n) is 2.75. The lowest BCUT2D eigenvalue weighted by molar-refractivity contribution is -0.127. The molecule has 0 spiro atoms. The van der Waals surface area contributed by atoms with Gasteiger partial charge in [0.1, 0.15) is 17.0 Å². The van der Waals surface area contributed by atoms with Crippen molar-refractivity contribution in [2.75, 3.05) is 18.4 Å². The van der Waals surface area contributed by atoms with Gasteiger partial charge in [0, 0.05) is 19.5 Å². The van der Waals surface area contributed by atoms with E-state index in [0.29, 0.717) is 30.3 Å². The first-order valence-corrected chi connectivity index (χ1v) is 7.23. The average molecular weight is 289 g/mol. The van der Waals surface area contributed by atoms with Gasteiger partial charge in [0.25, 0.3) is 5.71 Å². The average Bonchev–Trinajstić information content (AvgIpc) is 2.94. The second kappa shape index (κ2) is 5.31. The van der Waals surface area contributed by atoms with Crippen LogP contribution < -0.4 is 5.32 Å². The largest absolute Gasteiger partial charge is 0.364 e. The van der Waals surface area contributed by atoms with Gasteiger partial charge in [-0.15, -0.1) is 0 Å². The number of nitrogens with one attached hydrogen (secondary N) is 1. The molecule has 7 nitrogen and oxygen atoms in total. The Morgan fingerprint density at radius 3 is 2.95 bits per heavy atom. The monoisotopic (exact) mass is 289 g/mol. The number of fused-ring (bicyclic) bond motifs is 1. The normalized spacial score (nSPS) is 18.7. The van der Waals surface area contributed by atoms with E-state index in [4.69, 9.17) is 4.52 Å². The maximum absolute atomic E-state index is 11.9. The van der Waals surface area contributed by atoms with Crippen LogP contribution in [0.2, 0.25) is 0 Å². The molecule has 1 atom stereocenters. The molecule has 112 valence electrons. The second-order valence-corrected chi connectivity index (χ2v) is 5.45. The van der Waals surface area contributed by atoms with E-state index in [1.807, 2.05) is 18.7 Å². The molecular weight excluding hydrogens is 270 g/mol. The molecule has 1 fully saturated rings. The van der Waals surface area contributed by atoms with Crippen LogP contribution in [0.15, 0.2) is 4.52 Å². The number of aryl methyl sites for hydroxylation is 2. The summed E-state index contributed by atoms with van der Waals surface area (Å²) in [6, 6.07) is 0.0656. The zero-order valence-electron chi connectivity index (χ0n) is 12.5. The number of hydrogen-bond acceptors (Lipinski definition) is 6. The van der Waals surface area contributed by atoms with E-state index < -0.39 is 0 Å². The first-order chi connectivity index (χ1) is 10.1. The molecule has 0 aromatic carbocycles. The fraction of sp³-hybridized carbons (Fsp3) is 0.571. The number of carbonyl (C=O) groups is 1. The van der Waals surface area contributed by atoms with Gasteiger partial charge in [-0.05, 0) is 20.3 Å². The molecule has 3 heterocycles. The number of anilines is 1. The van der Waals surface area contributed by atoms with Crippen LogP contribution >= 0.6 is 0 Å². The lowest BCUT2D eigenvalue weighted by atomic mass is 10.2. The summed E-state index contributed by atoms with van der Waals surface area (Å²) in [4.78, 5) is 22.5. The molecule has 2 aromatic heterocycles. The molecule has 2 aromatic rings. The Balaban J connectivity index is 1.85. The maximum Gasteiger partial charge on any atom is 0.263 e. The first kappa shape index (κ1) is 13.8. The van der Waals surface area contributed by atoms with Crippen LogP contribution in [-0.4, -0.2) is 45.1 Å². The van der Waals surface area contributed by atoms with Gasteiger partial charge in [-0.25, -0.2) is 4.98 Å². The number of aromatic nitrogens is 3. The van der Waals surface area contributed by atoms with E-state index in [2.05, 4.69) is 27.4 Å². The minimum absolute atomic E-state index is 0.0656. The molecule has 1 N–H and O–H groups in total. The maximum atomic E-state index is 11.9. The summed E-state index contributed by atoms with van der Waals surface area (Å²) in [6.07, 6.45) is 1.47. The third-order valence-electron chi connectivity index (χ3n) is 3.67. The molecule has 21 heavy (non-hydrogen) atoms. The van der Waals surface area contributed by atoms with Crippen LogP contribution in [0.4, 0.5) is 5.82 Å². The minimum Gasteiger partial charge on any atom is -0.364 e. The van der Waals surface area contributed by atoms with Crippen molar-refractivity contribution in [3.63, 3.8) is 0 Å². The Hall–Kier alpha value is -2.18. The van der Waals surface area contributed by atoms with Crippen LogP contribution in [0.3, 0.4) is 0 Å². The topological polar surface area (TPSA) is 84.2 Å². The second-order valence-electron chi connectivity index (χ2n) is 5.45. The lowest BCUT2D eigenvalue weighted by Crippen LogP contribution is -2.28. The van der Waals surface area contributed by atoms with Gasteiger partial charge in [-0.3, -0.25) is 4.79 Å². The van der Waals surface area contributed by atoms with Crippen molar-refractivity contribution in [1.29, 1.82) is 0 Å². The third-order valence-corrected chi connectivity index (χ3v) is 3.67. The van der Waals surface area contributed by atoms with Crippen molar-refractivity contribution in [3.8, 4) is 0 Å². The summed E-state index contributed by atoms with van der Waals surface area (Å²) in [5, 5.41) is 8.09. The Bertz CT molecular complexity index is 681. The number of nitrogens with zero attached hydrogens (tertiary/aromatic N) is 4. The van der Waals surface area contributed by atoms with Crippen LogP contribution in [0.1, 0.15) is 31.3 Å². The Labute approximate surface area is 122 Å². The Morgan fingerprint density at radius 2 is 2.19 bits per heavy atom. The third kappa shape index (κ3) is 2.55. The zero-order valence-corrected chi connectivity index (χ0v) is 12.5. The highest BCUT2D eigenvalue weighted by Gasteiger charge is 2.29. The van der Waals surface area contributed by atoms with Gasteiger partial charge in [0.2, 0.25) is 5.91 Å². The molecule has 1 saturated heterocycles. The van der Waals surface area contributed by atoms with Gasteiger partial charge in [-0.2, -0.15) is 4.98 Å². The number of carbonyl (C=O) groups excluding carboxylic acids is 1. The van der Waals surface area contributed by atoms with Gasteiger partial charge in [0.15, 0.2) is 0 Å². The fourth-order valence-corrected chi connectivity index (χ4v) is 2.75. The van der Waals surface area contributed by atoms with Crippen molar-refractivity contribution in [2.24, 2.45) is 0 Å². The Morgan fingerprint density at radius 1 is 1.38 bits per heavy atom. The molecule has 1 aliphatic heterocycles. The number of hydrogen-bond donors (Lipinski definition) is 1. The van der Waals surface area contributed by atoms with Gasteiger partial charge in [-0.1, -0.05) is 12.1 Å². The first-order valence-electron chi connectivity index (χ1n) is 7.23. The summed E-state index contributed by atoms with van der Waals surface area (Å²) >= 11 is 0. The number of rotatable bonds is 4. The number of amides is 1. The molecule has 3 rings (SSSR count). The zero-order chi connectivity index (χ0) is 15.0. The van der Waals surface area contributed by atoms with Crippen molar-refractivity contribution in [1.82, 2.24) is 20.0 Å². The molecule has 1 aliphatic rings. The summed E-state index contributed by atoms with van der Waals surface area (Å²) in [6.45, 7) is 7.26. The highest BCUT2D eigenvalue weighted by atomic mass is 16.5. The molecule has 7 heteroatoms. The molecule has 0 radical (unpaired) electrons. The van der Waals surface area contributed by atoms with Crippen LogP contribution in [0.25, 0.3) is 11.1 Å². The van der Waals surface area contributed by atoms with Crippen molar-refractivity contribution < 1.29 is 9.32 Å². The summed E-state index contributed by atoms with van der Waals surface area (Å²) in [5.41, 5.74) is 1.24. The SMILES string of the molecule is CCCN1C[C@H](Nc2nc(C)nc3onc(C)c23)CC1=O. The van der Waals surface area contributed by atoms with Gasteiger partial charge >= 0.3 is 0 Å². The highest BCUT2D eigenvalue weighted by Crippen LogP contribution is 2.25. The minimum atomic E-state index is 0.0656. The lowest BCUT2D eigenvalue weighted by Gasteiger charge is -2.16. The van der Waals surface area contributed by atoms with E-state index in [1.54, 1.807) is 0 Å². The molecule has 0 saturated carbocycles. The summed E-state index contributed by atoms with van der Waals surface area (Å²) < 4.78 is 5.20. The van der Waals surface area contributed by atoms with Crippen LogP contribution in [0.5, 0.6) is 0 Å². The molecule has 0 bridgehead atoms. The van der Waals surface area contributed by atoms with E-state index >= 15 is 0 Å². The van der Waals surface area contributed by atoms with Crippen LogP contribution in [-0.2, 0) is 4.79 Å². The summed E-state index contributed by atoms with van der Waals surface area (Å²) in [5.74, 6) is 1.52. The molecule has 1 amide bonds. The molecule has 0 unspecified atom stereocenters.